The molecule has 0 spiro atoms. The third-order valence-corrected chi connectivity index (χ3v) is 5.08. The van der Waals surface area contributed by atoms with Gasteiger partial charge in [-0.25, -0.2) is 0 Å². The van der Waals surface area contributed by atoms with Gasteiger partial charge in [-0.2, -0.15) is 4.68 Å². The SMILES string of the molecule is CCOC(=O)[C@H]1CCC[NH+](Cn2nc(-c3ccncc3)n(C)c2=S)C1. The van der Waals surface area contributed by atoms with E-state index in [0.717, 1.165) is 37.3 Å². The number of hydrogen-bond donors (Lipinski definition) is 1. The molecule has 1 aliphatic heterocycles. The van der Waals surface area contributed by atoms with Crippen LogP contribution in [-0.2, 0) is 23.2 Å². The van der Waals surface area contributed by atoms with Gasteiger partial charge in [0.25, 0.3) is 0 Å². The highest BCUT2D eigenvalue weighted by atomic mass is 32.1. The van der Waals surface area contributed by atoms with Crippen molar-refractivity contribution < 1.29 is 14.4 Å². The van der Waals surface area contributed by atoms with Gasteiger partial charge < -0.3 is 14.2 Å². The summed E-state index contributed by atoms with van der Waals surface area (Å²) in [5.74, 6) is 0.716. The number of carbonyl (C=O) groups is 1. The Labute approximate surface area is 152 Å². The molecule has 8 heteroatoms. The lowest BCUT2D eigenvalue weighted by Gasteiger charge is -2.28. The molecule has 0 aliphatic carbocycles. The molecule has 1 unspecified atom stereocenters. The quantitative estimate of drug-likeness (QED) is 0.630. The molecule has 1 aliphatic rings. The Kier molecular flexibility index (Phi) is 5.60. The third kappa shape index (κ3) is 3.96. The van der Waals surface area contributed by atoms with Crippen LogP contribution in [0.15, 0.2) is 24.5 Å². The molecule has 0 radical (unpaired) electrons. The van der Waals surface area contributed by atoms with Gasteiger partial charge in [-0.3, -0.25) is 9.78 Å². The van der Waals surface area contributed by atoms with Crippen molar-refractivity contribution in [1.29, 1.82) is 0 Å². The number of piperidine rings is 1. The van der Waals surface area contributed by atoms with Crippen molar-refractivity contribution in [3.05, 3.63) is 29.3 Å². The number of nitrogens with zero attached hydrogens (tertiary/aromatic N) is 4. The Morgan fingerprint density at radius 2 is 2.20 bits per heavy atom. The van der Waals surface area contributed by atoms with Gasteiger partial charge in [0.2, 0.25) is 4.77 Å². The molecule has 0 saturated carbocycles. The average molecular weight is 362 g/mol. The number of carbonyl (C=O) groups excluding carboxylic acids is 1. The lowest BCUT2D eigenvalue weighted by atomic mass is 9.99. The van der Waals surface area contributed by atoms with E-state index in [2.05, 4.69) is 4.98 Å². The van der Waals surface area contributed by atoms with E-state index in [1.165, 1.54) is 4.90 Å². The molecule has 1 fully saturated rings. The second kappa shape index (κ2) is 7.88. The van der Waals surface area contributed by atoms with Crippen molar-refractivity contribution in [2.24, 2.45) is 13.0 Å². The van der Waals surface area contributed by atoms with Gasteiger partial charge in [0.1, 0.15) is 5.92 Å². The van der Waals surface area contributed by atoms with Crippen LogP contribution >= 0.6 is 12.2 Å². The molecule has 3 rings (SSSR count). The molecule has 134 valence electrons. The summed E-state index contributed by atoms with van der Waals surface area (Å²) in [5.41, 5.74) is 0.986. The summed E-state index contributed by atoms with van der Waals surface area (Å²) >= 11 is 5.55. The van der Waals surface area contributed by atoms with Crippen molar-refractivity contribution in [1.82, 2.24) is 19.3 Å². The van der Waals surface area contributed by atoms with Crippen LogP contribution in [0.5, 0.6) is 0 Å². The number of ether oxygens (including phenoxy) is 1. The van der Waals surface area contributed by atoms with Crippen LogP contribution < -0.4 is 4.90 Å². The molecule has 25 heavy (non-hydrogen) atoms. The van der Waals surface area contributed by atoms with Gasteiger partial charge in [-0.05, 0) is 44.1 Å². The molecule has 3 heterocycles. The van der Waals surface area contributed by atoms with Gasteiger partial charge in [-0.1, -0.05) is 0 Å². The van der Waals surface area contributed by atoms with Gasteiger partial charge in [-0.15, -0.1) is 5.10 Å². The van der Waals surface area contributed by atoms with E-state index in [0.29, 0.717) is 18.0 Å². The summed E-state index contributed by atoms with van der Waals surface area (Å²) in [6.45, 7) is 4.72. The summed E-state index contributed by atoms with van der Waals surface area (Å²) in [7, 11) is 1.93. The molecule has 0 bridgehead atoms. The lowest BCUT2D eigenvalue weighted by molar-refractivity contribution is -0.930. The molecule has 2 aromatic heterocycles. The van der Waals surface area contributed by atoms with Gasteiger partial charge >= 0.3 is 5.97 Å². The number of likely N-dealkylation sites (tertiary alicyclic amines) is 1. The Morgan fingerprint density at radius 3 is 2.92 bits per heavy atom. The van der Waals surface area contributed by atoms with Crippen LogP contribution in [0.3, 0.4) is 0 Å². The van der Waals surface area contributed by atoms with Crippen LogP contribution in [0.25, 0.3) is 11.4 Å². The van der Waals surface area contributed by atoms with E-state index in [9.17, 15) is 4.79 Å². The number of nitrogens with one attached hydrogen (secondary N) is 1. The van der Waals surface area contributed by atoms with E-state index in [1.807, 2.05) is 35.4 Å². The number of hydrogen-bond acceptors (Lipinski definition) is 5. The second-order valence-corrected chi connectivity index (χ2v) is 6.72. The predicted molar refractivity (Wildman–Crippen MR) is 95.3 cm³/mol. The fourth-order valence-corrected chi connectivity index (χ4v) is 3.50. The molecule has 0 amide bonds. The first-order chi connectivity index (χ1) is 12.1. The van der Waals surface area contributed by atoms with Crippen molar-refractivity contribution in [2.75, 3.05) is 19.7 Å². The zero-order valence-corrected chi connectivity index (χ0v) is 15.5. The second-order valence-electron chi connectivity index (χ2n) is 6.35. The maximum absolute atomic E-state index is 12.0. The van der Waals surface area contributed by atoms with Crippen molar-refractivity contribution in [3.8, 4) is 11.4 Å². The van der Waals surface area contributed by atoms with E-state index < -0.39 is 0 Å². The van der Waals surface area contributed by atoms with Crippen molar-refractivity contribution >= 4 is 18.2 Å². The Morgan fingerprint density at radius 1 is 1.44 bits per heavy atom. The van der Waals surface area contributed by atoms with E-state index in [1.54, 1.807) is 12.4 Å². The summed E-state index contributed by atoms with van der Waals surface area (Å²) in [6.07, 6.45) is 5.41. The molecular weight excluding hydrogens is 338 g/mol. The van der Waals surface area contributed by atoms with Crippen LogP contribution in [0.1, 0.15) is 19.8 Å². The molecular formula is C17H24N5O2S+. The maximum Gasteiger partial charge on any atom is 0.314 e. The summed E-state index contributed by atoms with van der Waals surface area (Å²) < 4.78 is 9.63. The van der Waals surface area contributed by atoms with Crippen LogP contribution in [0.2, 0.25) is 0 Å². The minimum atomic E-state index is -0.0817. The summed E-state index contributed by atoms with van der Waals surface area (Å²) in [6, 6.07) is 3.85. The first kappa shape index (κ1) is 17.8. The fourth-order valence-electron chi connectivity index (χ4n) is 3.31. The van der Waals surface area contributed by atoms with E-state index >= 15 is 0 Å². The van der Waals surface area contributed by atoms with Gasteiger partial charge in [0.05, 0.1) is 19.7 Å². The maximum atomic E-state index is 12.0. The van der Waals surface area contributed by atoms with Crippen molar-refractivity contribution in [2.45, 2.75) is 26.4 Å². The first-order valence-corrected chi connectivity index (χ1v) is 9.05. The fraction of sp³-hybridized carbons (Fsp3) is 0.529. The van der Waals surface area contributed by atoms with Crippen LogP contribution in [-0.4, -0.2) is 45.0 Å². The van der Waals surface area contributed by atoms with Gasteiger partial charge in [0.15, 0.2) is 12.5 Å². The minimum absolute atomic E-state index is 0.0266. The molecule has 0 aromatic carbocycles. The average Bonchev–Trinajstić information content (AvgIpc) is 2.91. The number of quaternary nitrogens is 1. The van der Waals surface area contributed by atoms with Crippen LogP contribution in [0.4, 0.5) is 0 Å². The van der Waals surface area contributed by atoms with E-state index in [4.69, 9.17) is 22.1 Å². The Hall–Kier alpha value is -2.06. The standard InChI is InChI=1S/C17H23N5O2S/c1-3-24-16(23)14-5-4-10-21(11-14)12-22-17(25)20(2)15(19-22)13-6-8-18-9-7-13/h6-9,14H,3-5,10-12H2,1-2H3/p+1/t14-/m0/s1. The number of pyridine rings is 1. The highest BCUT2D eigenvalue weighted by molar-refractivity contribution is 7.71. The monoisotopic (exact) mass is 362 g/mol. The predicted octanol–water partition coefficient (Wildman–Crippen LogP) is 0.829. The van der Waals surface area contributed by atoms with Crippen molar-refractivity contribution in [3.63, 3.8) is 0 Å². The molecule has 1 N–H and O–H groups in total. The normalized spacial score (nSPS) is 20.4. The lowest BCUT2D eigenvalue weighted by Crippen LogP contribution is -3.13. The number of rotatable bonds is 5. The first-order valence-electron chi connectivity index (χ1n) is 8.64. The number of aromatic nitrogens is 4. The summed E-state index contributed by atoms with van der Waals surface area (Å²) in [5, 5.41) is 4.69. The Balaban J connectivity index is 1.75. The largest absolute Gasteiger partial charge is 0.466 e. The Bertz CT molecular complexity index is 786. The topological polar surface area (TPSA) is 66.4 Å². The highest BCUT2D eigenvalue weighted by Gasteiger charge is 2.30. The molecule has 2 atom stereocenters. The zero-order chi connectivity index (χ0) is 17.8. The van der Waals surface area contributed by atoms with Crippen LogP contribution in [0, 0.1) is 10.7 Å². The minimum Gasteiger partial charge on any atom is -0.466 e. The third-order valence-electron chi connectivity index (χ3n) is 4.59. The summed E-state index contributed by atoms with van der Waals surface area (Å²) in [4.78, 5) is 17.4. The smallest absolute Gasteiger partial charge is 0.314 e. The molecule has 2 aromatic rings. The zero-order valence-electron chi connectivity index (χ0n) is 14.6. The molecule has 7 nitrogen and oxygen atoms in total. The highest BCUT2D eigenvalue weighted by Crippen LogP contribution is 2.15. The number of esters is 1. The van der Waals surface area contributed by atoms with Gasteiger partial charge in [0, 0.05) is 25.0 Å². The molecule has 1 saturated heterocycles. The van der Waals surface area contributed by atoms with E-state index in [-0.39, 0.29) is 11.9 Å².